The van der Waals surface area contributed by atoms with Crippen molar-refractivity contribution in [3.05, 3.63) is 53.6 Å². The molecule has 2 aromatic carbocycles. The quantitative estimate of drug-likeness (QED) is 0.826. The fourth-order valence-corrected chi connectivity index (χ4v) is 3.40. The molecule has 0 fully saturated rings. The molecule has 1 atom stereocenters. The van der Waals surface area contributed by atoms with E-state index in [1.165, 1.54) is 18.2 Å². The number of halogens is 3. The number of benzene rings is 2. The third-order valence-corrected chi connectivity index (χ3v) is 4.48. The number of hydrogen-bond acceptors (Lipinski definition) is 3. The maximum Gasteiger partial charge on any atom is 0.573 e. The van der Waals surface area contributed by atoms with Crippen LogP contribution >= 0.6 is 0 Å². The first-order valence-corrected chi connectivity index (χ1v) is 8.02. The maximum atomic E-state index is 12.4. The van der Waals surface area contributed by atoms with Gasteiger partial charge in [0, 0.05) is 0 Å². The van der Waals surface area contributed by atoms with Gasteiger partial charge in [0.2, 0.25) is 0 Å². The first-order valence-electron chi connectivity index (χ1n) is 8.02. The highest BCUT2D eigenvalue weighted by atomic mass is 19.4. The Morgan fingerprint density at radius 2 is 1.85 bits per heavy atom. The van der Waals surface area contributed by atoms with Crippen LogP contribution in [0, 0.1) is 0 Å². The predicted octanol–water partition coefficient (Wildman–Crippen LogP) is 5.07. The molecule has 0 saturated carbocycles. The minimum atomic E-state index is -4.74. The monoisotopic (exact) mass is 365 g/mol. The number of fused-ring (bicyclic) bond motifs is 1. The van der Waals surface area contributed by atoms with Gasteiger partial charge in [-0.15, -0.1) is 13.2 Å². The van der Waals surface area contributed by atoms with Crippen molar-refractivity contribution < 1.29 is 27.4 Å². The molecule has 0 saturated heterocycles. The number of hydrogen-bond donors (Lipinski definition) is 1. The zero-order valence-corrected chi connectivity index (χ0v) is 14.3. The van der Waals surface area contributed by atoms with E-state index in [1.54, 1.807) is 12.1 Å². The highest BCUT2D eigenvalue weighted by molar-refractivity contribution is 5.69. The molecule has 4 nitrogen and oxygen atoms in total. The van der Waals surface area contributed by atoms with Gasteiger partial charge in [0.05, 0.1) is 0 Å². The number of alkyl halides is 3. The van der Waals surface area contributed by atoms with Crippen LogP contribution in [0.1, 0.15) is 37.5 Å². The fourth-order valence-electron chi connectivity index (χ4n) is 3.40. The molecule has 1 unspecified atom stereocenters. The molecule has 7 heteroatoms. The molecule has 1 amide bonds. The lowest BCUT2D eigenvalue weighted by Crippen LogP contribution is -2.18. The Labute approximate surface area is 148 Å². The average molecular weight is 365 g/mol. The van der Waals surface area contributed by atoms with Crippen molar-refractivity contribution in [2.24, 2.45) is 5.73 Å². The van der Waals surface area contributed by atoms with E-state index < -0.39 is 18.6 Å². The van der Waals surface area contributed by atoms with Crippen LogP contribution in [0.4, 0.5) is 18.0 Å². The van der Waals surface area contributed by atoms with Crippen molar-refractivity contribution in [1.29, 1.82) is 0 Å². The molecule has 0 aromatic heterocycles. The van der Waals surface area contributed by atoms with Crippen molar-refractivity contribution in [2.75, 3.05) is 0 Å². The van der Waals surface area contributed by atoms with E-state index in [1.807, 2.05) is 26.0 Å². The van der Waals surface area contributed by atoms with Crippen molar-refractivity contribution in [1.82, 2.24) is 0 Å². The second-order valence-electron chi connectivity index (χ2n) is 6.89. The zero-order chi connectivity index (χ0) is 19.1. The molecular formula is C19H18F3NO3. The SMILES string of the molecule is CC1(C)CC(OC(N)=O)c2ccc(-c3cccc(OC(F)(F)F)c3)cc21. The fraction of sp³-hybridized carbons (Fsp3) is 0.316. The number of rotatable bonds is 3. The van der Waals surface area contributed by atoms with Gasteiger partial charge in [0.25, 0.3) is 0 Å². The number of nitrogens with two attached hydrogens (primary N) is 1. The van der Waals surface area contributed by atoms with E-state index in [4.69, 9.17) is 10.5 Å². The molecule has 1 aliphatic rings. The van der Waals surface area contributed by atoms with Crippen LogP contribution in [0.15, 0.2) is 42.5 Å². The van der Waals surface area contributed by atoms with Crippen molar-refractivity contribution >= 4 is 6.09 Å². The molecule has 3 rings (SSSR count). The van der Waals surface area contributed by atoms with E-state index in [9.17, 15) is 18.0 Å². The molecule has 0 aliphatic heterocycles. The summed E-state index contributed by atoms with van der Waals surface area (Å²) in [6, 6.07) is 11.3. The van der Waals surface area contributed by atoms with Crippen LogP contribution in [-0.2, 0) is 10.2 Å². The second kappa shape index (κ2) is 6.23. The van der Waals surface area contributed by atoms with Crippen molar-refractivity contribution in [3.63, 3.8) is 0 Å². The minimum Gasteiger partial charge on any atom is -0.441 e. The summed E-state index contributed by atoms with van der Waals surface area (Å²) in [6.07, 6.45) is -5.41. The molecule has 0 spiro atoms. The topological polar surface area (TPSA) is 61.5 Å². The number of ether oxygens (including phenoxy) is 2. The van der Waals surface area contributed by atoms with E-state index in [0.29, 0.717) is 12.0 Å². The number of primary amides is 1. The Kier molecular flexibility index (Phi) is 4.34. The zero-order valence-electron chi connectivity index (χ0n) is 14.3. The van der Waals surface area contributed by atoms with Gasteiger partial charge in [-0.05, 0) is 46.2 Å². The lowest BCUT2D eigenvalue weighted by atomic mass is 9.85. The summed E-state index contributed by atoms with van der Waals surface area (Å²) < 4.78 is 46.5. The van der Waals surface area contributed by atoms with E-state index in [0.717, 1.165) is 16.7 Å². The smallest absolute Gasteiger partial charge is 0.441 e. The Bertz CT molecular complexity index is 846. The van der Waals surface area contributed by atoms with Gasteiger partial charge in [-0.25, -0.2) is 4.79 Å². The lowest BCUT2D eigenvalue weighted by Gasteiger charge is -2.19. The van der Waals surface area contributed by atoms with Gasteiger partial charge in [-0.3, -0.25) is 0 Å². The number of carbonyl (C=O) groups is 1. The third-order valence-electron chi connectivity index (χ3n) is 4.48. The summed E-state index contributed by atoms with van der Waals surface area (Å²) in [7, 11) is 0. The van der Waals surface area contributed by atoms with E-state index in [-0.39, 0.29) is 11.2 Å². The molecule has 2 N–H and O–H groups in total. The van der Waals surface area contributed by atoms with Gasteiger partial charge in [0.15, 0.2) is 0 Å². The third kappa shape index (κ3) is 3.76. The Hall–Kier alpha value is -2.70. The molecule has 1 aliphatic carbocycles. The Balaban J connectivity index is 1.97. The standard InChI is InChI=1S/C19H18F3NO3/c1-18(2)10-16(25-17(23)24)14-7-6-12(9-15(14)18)11-4-3-5-13(8-11)26-19(20,21)22/h3-9,16H,10H2,1-2H3,(H2,23,24). The van der Waals surface area contributed by atoms with Crippen LogP contribution in [0.25, 0.3) is 11.1 Å². The van der Waals surface area contributed by atoms with Gasteiger partial charge in [0.1, 0.15) is 11.9 Å². The summed E-state index contributed by atoms with van der Waals surface area (Å²) in [5.74, 6) is -0.273. The highest BCUT2D eigenvalue weighted by Gasteiger charge is 2.39. The first kappa shape index (κ1) is 18.1. The molecule has 26 heavy (non-hydrogen) atoms. The maximum absolute atomic E-state index is 12.4. The Morgan fingerprint density at radius 3 is 2.50 bits per heavy atom. The molecule has 0 bridgehead atoms. The number of carbonyl (C=O) groups excluding carboxylic acids is 1. The Morgan fingerprint density at radius 1 is 1.15 bits per heavy atom. The van der Waals surface area contributed by atoms with E-state index >= 15 is 0 Å². The van der Waals surface area contributed by atoms with Crippen molar-refractivity contribution in [2.45, 2.75) is 38.1 Å². The molecular weight excluding hydrogens is 347 g/mol. The van der Waals surface area contributed by atoms with Crippen LogP contribution in [-0.4, -0.2) is 12.5 Å². The first-order chi connectivity index (χ1) is 12.0. The molecule has 138 valence electrons. The van der Waals surface area contributed by atoms with Gasteiger partial charge in [-0.1, -0.05) is 44.2 Å². The van der Waals surface area contributed by atoms with Crippen LogP contribution < -0.4 is 10.5 Å². The summed E-state index contributed by atoms with van der Waals surface area (Å²) in [4.78, 5) is 11.1. The normalized spacial score (nSPS) is 18.3. The molecule has 0 heterocycles. The number of amides is 1. The molecule has 0 radical (unpaired) electrons. The summed E-state index contributed by atoms with van der Waals surface area (Å²) >= 11 is 0. The minimum absolute atomic E-state index is 0.258. The highest BCUT2D eigenvalue weighted by Crippen LogP contribution is 2.47. The lowest BCUT2D eigenvalue weighted by molar-refractivity contribution is -0.274. The van der Waals surface area contributed by atoms with Gasteiger partial charge < -0.3 is 15.2 Å². The van der Waals surface area contributed by atoms with Crippen LogP contribution in [0.2, 0.25) is 0 Å². The average Bonchev–Trinajstić information content (AvgIpc) is 2.75. The van der Waals surface area contributed by atoms with Crippen molar-refractivity contribution in [3.8, 4) is 16.9 Å². The van der Waals surface area contributed by atoms with Crippen LogP contribution in [0.5, 0.6) is 5.75 Å². The summed E-state index contributed by atoms with van der Waals surface area (Å²) in [6.45, 7) is 4.03. The van der Waals surface area contributed by atoms with Crippen LogP contribution in [0.3, 0.4) is 0 Å². The summed E-state index contributed by atoms with van der Waals surface area (Å²) in [5.41, 5.74) is 8.07. The largest absolute Gasteiger partial charge is 0.573 e. The predicted molar refractivity (Wildman–Crippen MR) is 89.6 cm³/mol. The van der Waals surface area contributed by atoms with Gasteiger partial charge in [-0.2, -0.15) is 0 Å². The van der Waals surface area contributed by atoms with Gasteiger partial charge >= 0.3 is 12.5 Å². The second-order valence-corrected chi connectivity index (χ2v) is 6.89. The van der Waals surface area contributed by atoms with E-state index in [2.05, 4.69) is 4.74 Å². The summed E-state index contributed by atoms with van der Waals surface area (Å²) in [5, 5.41) is 0. The molecule has 2 aromatic rings.